The van der Waals surface area contributed by atoms with Crippen molar-refractivity contribution in [2.24, 2.45) is 0 Å². The van der Waals surface area contributed by atoms with Crippen molar-refractivity contribution in [1.82, 2.24) is 0 Å². The third-order valence-corrected chi connectivity index (χ3v) is 7.38. The van der Waals surface area contributed by atoms with E-state index < -0.39 is 4.27 Å². The lowest BCUT2D eigenvalue weighted by Crippen LogP contribution is -2.27. The van der Waals surface area contributed by atoms with Gasteiger partial charge in [0.15, 0.2) is 4.27 Å². The lowest BCUT2D eigenvalue weighted by Gasteiger charge is -2.24. The van der Waals surface area contributed by atoms with Crippen molar-refractivity contribution in [3.05, 3.63) is 71.8 Å². The van der Waals surface area contributed by atoms with Crippen LogP contribution < -0.4 is 0 Å². The summed E-state index contributed by atoms with van der Waals surface area (Å²) in [5.41, 5.74) is 2.45. The van der Waals surface area contributed by atoms with Crippen LogP contribution in [0.2, 0.25) is 0 Å². The molecule has 0 aliphatic carbocycles. The van der Waals surface area contributed by atoms with Gasteiger partial charge in [-0.25, -0.2) is 0 Å². The van der Waals surface area contributed by atoms with Crippen LogP contribution in [0.5, 0.6) is 0 Å². The Labute approximate surface area is 157 Å². The van der Waals surface area contributed by atoms with E-state index >= 15 is 0 Å². The van der Waals surface area contributed by atoms with Crippen LogP contribution in [-0.2, 0) is 14.2 Å². The van der Waals surface area contributed by atoms with Crippen molar-refractivity contribution in [2.45, 2.75) is 22.9 Å². The second-order valence-corrected chi connectivity index (χ2v) is 8.72. The zero-order valence-corrected chi connectivity index (χ0v) is 16.2. The molecule has 1 atom stereocenters. The van der Waals surface area contributed by atoms with Crippen molar-refractivity contribution in [3.63, 3.8) is 0 Å². The highest BCUT2D eigenvalue weighted by Gasteiger charge is 2.73. The SMILES string of the molecule is CCOC(=S)SC1(OCC)SC1(c1ccccc1)c1ccccc1. The van der Waals surface area contributed by atoms with Crippen LogP contribution in [0.3, 0.4) is 0 Å². The van der Waals surface area contributed by atoms with Gasteiger partial charge in [-0.2, -0.15) is 0 Å². The zero-order valence-electron chi connectivity index (χ0n) is 13.7. The molecule has 0 aromatic heterocycles. The molecule has 0 radical (unpaired) electrons. The summed E-state index contributed by atoms with van der Waals surface area (Å²) < 4.78 is 11.5. The van der Waals surface area contributed by atoms with Crippen molar-refractivity contribution >= 4 is 40.1 Å². The van der Waals surface area contributed by atoms with Gasteiger partial charge in [0.25, 0.3) is 0 Å². The summed E-state index contributed by atoms with van der Waals surface area (Å²) >= 11 is 8.70. The molecule has 0 saturated carbocycles. The second-order valence-electron chi connectivity index (χ2n) is 5.29. The van der Waals surface area contributed by atoms with Crippen LogP contribution in [0.15, 0.2) is 60.7 Å². The van der Waals surface area contributed by atoms with Gasteiger partial charge in [-0.1, -0.05) is 72.4 Å². The summed E-state index contributed by atoms with van der Waals surface area (Å²) in [6.07, 6.45) is 0. The van der Waals surface area contributed by atoms with E-state index in [0.29, 0.717) is 17.6 Å². The molecule has 1 fully saturated rings. The zero-order chi connectivity index (χ0) is 17.0. The minimum atomic E-state index is -0.489. The molecule has 0 amide bonds. The molecule has 0 N–H and O–H groups in total. The van der Waals surface area contributed by atoms with Gasteiger partial charge in [0.2, 0.25) is 4.38 Å². The molecular formula is C19H20O2S3. The number of ether oxygens (including phenoxy) is 2. The predicted molar refractivity (Wildman–Crippen MR) is 107 cm³/mol. The standard InChI is InChI=1S/C19H20O2S3/c1-3-20-17(22)23-19(21-4-2)18(24-19,15-11-7-5-8-12-15)16-13-9-6-10-14-16/h5-14H,3-4H2,1-2H3. The highest BCUT2D eigenvalue weighted by molar-refractivity contribution is 8.35. The smallest absolute Gasteiger partial charge is 0.223 e. The van der Waals surface area contributed by atoms with E-state index in [1.165, 1.54) is 22.9 Å². The van der Waals surface area contributed by atoms with E-state index in [1.807, 2.05) is 26.0 Å². The molecule has 1 saturated heterocycles. The van der Waals surface area contributed by atoms with Crippen molar-refractivity contribution in [1.29, 1.82) is 0 Å². The van der Waals surface area contributed by atoms with Gasteiger partial charge < -0.3 is 9.47 Å². The Kier molecular flexibility index (Phi) is 5.55. The summed E-state index contributed by atoms with van der Waals surface area (Å²) in [5.74, 6) is 0. The molecule has 126 valence electrons. The normalized spacial score (nSPS) is 21.2. The van der Waals surface area contributed by atoms with Gasteiger partial charge in [0.1, 0.15) is 4.75 Å². The molecule has 5 heteroatoms. The first-order valence-electron chi connectivity index (χ1n) is 7.99. The van der Waals surface area contributed by atoms with Gasteiger partial charge in [0.05, 0.1) is 6.61 Å². The first-order valence-corrected chi connectivity index (χ1v) is 10.0. The largest absolute Gasteiger partial charge is 0.479 e. The summed E-state index contributed by atoms with van der Waals surface area (Å²) in [4.78, 5) is 0. The third-order valence-electron chi connectivity index (χ3n) is 3.85. The highest BCUT2D eigenvalue weighted by Crippen LogP contribution is 2.78. The summed E-state index contributed by atoms with van der Waals surface area (Å²) in [6.45, 7) is 5.16. The maximum Gasteiger partial charge on any atom is 0.223 e. The number of thioether (sulfide) groups is 2. The number of benzene rings is 2. The number of rotatable bonds is 6. The topological polar surface area (TPSA) is 18.5 Å². The molecule has 0 bridgehead atoms. The average Bonchev–Trinajstić information content (AvgIpc) is 3.26. The molecule has 2 aromatic rings. The molecule has 2 nitrogen and oxygen atoms in total. The molecule has 3 rings (SSSR count). The number of hydrogen-bond donors (Lipinski definition) is 0. The van der Waals surface area contributed by atoms with E-state index in [2.05, 4.69) is 48.5 Å². The fraction of sp³-hybridized carbons (Fsp3) is 0.316. The Morgan fingerprint density at radius 3 is 1.96 bits per heavy atom. The fourth-order valence-corrected chi connectivity index (χ4v) is 6.67. The van der Waals surface area contributed by atoms with Crippen LogP contribution in [0.25, 0.3) is 0 Å². The Bertz CT molecular complexity index is 651. The summed E-state index contributed by atoms with van der Waals surface area (Å²) in [6, 6.07) is 21.0. The van der Waals surface area contributed by atoms with Gasteiger partial charge in [-0.3, -0.25) is 0 Å². The molecule has 1 aliphatic heterocycles. The van der Waals surface area contributed by atoms with Crippen LogP contribution >= 0.6 is 35.7 Å². The maximum absolute atomic E-state index is 6.24. The Balaban J connectivity index is 2.05. The van der Waals surface area contributed by atoms with E-state index in [-0.39, 0.29) is 4.75 Å². The van der Waals surface area contributed by atoms with Gasteiger partial charge >= 0.3 is 0 Å². The maximum atomic E-state index is 6.24. The Morgan fingerprint density at radius 1 is 0.958 bits per heavy atom. The van der Waals surface area contributed by atoms with Gasteiger partial charge in [-0.05, 0) is 49.0 Å². The van der Waals surface area contributed by atoms with Crippen LogP contribution in [-0.4, -0.2) is 21.9 Å². The van der Waals surface area contributed by atoms with E-state index in [0.717, 1.165) is 0 Å². The molecule has 1 heterocycles. The van der Waals surface area contributed by atoms with Crippen LogP contribution in [0, 0.1) is 0 Å². The van der Waals surface area contributed by atoms with Crippen molar-refractivity contribution in [3.8, 4) is 0 Å². The van der Waals surface area contributed by atoms with Gasteiger partial charge in [-0.15, -0.1) is 0 Å². The summed E-state index contributed by atoms with van der Waals surface area (Å²) in [7, 11) is 0. The first kappa shape index (κ1) is 17.8. The van der Waals surface area contributed by atoms with Crippen LogP contribution in [0.1, 0.15) is 25.0 Å². The van der Waals surface area contributed by atoms with Crippen molar-refractivity contribution in [2.75, 3.05) is 13.2 Å². The first-order chi connectivity index (χ1) is 11.7. The fourth-order valence-electron chi connectivity index (χ4n) is 2.86. The molecule has 2 aromatic carbocycles. The molecular weight excluding hydrogens is 356 g/mol. The monoisotopic (exact) mass is 376 g/mol. The van der Waals surface area contributed by atoms with E-state index in [1.54, 1.807) is 11.8 Å². The van der Waals surface area contributed by atoms with Crippen molar-refractivity contribution < 1.29 is 9.47 Å². The Morgan fingerprint density at radius 2 is 1.50 bits per heavy atom. The number of thiocarbonyl (C=S) groups is 1. The third kappa shape index (κ3) is 3.10. The molecule has 1 unspecified atom stereocenters. The van der Waals surface area contributed by atoms with Gasteiger partial charge in [0, 0.05) is 6.61 Å². The molecule has 1 aliphatic rings. The van der Waals surface area contributed by atoms with E-state index in [4.69, 9.17) is 21.7 Å². The summed E-state index contributed by atoms with van der Waals surface area (Å²) in [5, 5.41) is 0. The number of hydrogen-bond acceptors (Lipinski definition) is 5. The molecule has 0 spiro atoms. The van der Waals surface area contributed by atoms with Crippen LogP contribution in [0.4, 0.5) is 0 Å². The minimum absolute atomic E-state index is 0.280. The minimum Gasteiger partial charge on any atom is -0.479 e. The quantitative estimate of drug-likeness (QED) is 0.379. The molecule has 24 heavy (non-hydrogen) atoms. The Hall–Kier alpha value is -1.01. The highest BCUT2D eigenvalue weighted by atomic mass is 32.2. The lowest BCUT2D eigenvalue weighted by molar-refractivity contribution is 0.109. The van der Waals surface area contributed by atoms with E-state index in [9.17, 15) is 0 Å². The second kappa shape index (κ2) is 7.48. The lowest BCUT2D eigenvalue weighted by atomic mass is 9.91. The predicted octanol–water partition coefficient (Wildman–Crippen LogP) is 5.42. The average molecular weight is 377 g/mol.